The highest BCUT2D eigenvalue weighted by Crippen LogP contribution is 2.30. The van der Waals surface area contributed by atoms with Gasteiger partial charge in [-0.25, -0.2) is 0 Å². The predicted molar refractivity (Wildman–Crippen MR) is 66.1 cm³/mol. The zero-order valence-electron chi connectivity index (χ0n) is 10.6. The lowest BCUT2D eigenvalue weighted by molar-refractivity contribution is -0.387. The SMILES string of the molecule is C[C@@H]1O[C@H](Oc2ccccc2[N+](=O)[O-])[C@H](O)[C@H](O)[C@H]1O. The Morgan fingerprint density at radius 3 is 2.50 bits per heavy atom. The van der Waals surface area contributed by atoms with Gasteiger partial charge in [-0.1, -0.05) is 12.1 Å². The van der Waals surface area contributed by atoms with Crippen molar-refractivity contribution in [3.05, 3.63) is 34.4 Å². The number of hydrogen-bond acceptors (Lipinski definition) is 7. The summed E-state index contributed by atoms with van der Waals surface area (Å²) in [5, 5.41) is 39.8. The predicted octanol–water partition coefficient (Wildman–Crippen LogP) is -0.199. The van der Waals surface area contributed by atoms with E-state index in [2.05, 4.69) is 0 Å². The highest BCUT2D eigenvalue weighted by molar-refractivity contribution is 5.45. The van der Waals surface area contributed by atoms with Crippen LogP contribution >= 0.6 is 0 Å². The molecule has 20 heavy (non-hydrogen) atoms. The first kappa shape index (κ1) is 14.7. The topological polar surface area (TPSA) is 122 Å². The van der Waals surface area contributed by atoms with Gasteiger partial charge < -0.3 is 24.8 Å². The van der Waals surface area contributed by atoms with Crippen LogP contribution in [0, 0.1) is 10.1 Å². The van der Waals surface area contributed by atoms with Crippen LogP contribution in [0.5, 0.6) is 5.75 Å². The summed E-state index contributed by atoms with van der Waals surface area (Å²) in [4.78, 5) is 10.2. The van der Waals surface area contributed by atoms with Crippen LogP contribution in [-0.2, 0) is 4.74 Å². The molecule has 8 nitrogen and oxygen atoms in total. The lowest BCUT2D eigenvalue weighted by Gasteiger charge is -2.38. The molecule has 1 aliphatic heterocycles. The lowest BCUT2D eigenvalue weighted by Crippen LogP contribution is -2.58. The Bertz CT molecular complexity index is 494. The molecule has 8 heteroatoms. The molecule has 0 saturated carbocycles. The Labute approximate surface area is 114 Å². The van der Waals surface area contributed by atoms with Crippen molar-refractivity contribution in [1.82, 2.24) is 0 Å². The number of para-hydroxylation sites is 2. The number of rotatable bonds is 3. The fraction of sp³-hybridized carbons (Fsp3) is 0.500. The third-order valence-corrected chi connectivity index (χ3v) is 3.11. The van der Waals surface area contributed by atoms with Crippen molar-refractivity contribution >= 4 is 5.69 Å². The maximum absolute atomic E-state index is 10.9. The molecule has 0 aromatic heterocycles. The van der Waals surface area contributed by atoms with E-state index in [0.717, 1.165) is 0 Å². The van der Waals surface area contributed by atoms with Crippen LogP contribution in [0.3, 0.4) is 0 Å². The molecule has 1 fully saturated rings. The number of aliphatic hydroxyl groups is 3. The zero-order valence-corrected chi connectivity index (χ0v) is 10.6. The summed E-state index contributed by atoms with van der Waals surface area (Å²) in [5.74, 6) is -0.0858. The third kappa shape index (κ3) is 2.73. The zero-order chi connectivity index (χ0) is 14.9. The molecule has 110 valence electrons. The van der Waals surface area contributed by atoms with Crippen molar-refractivity contribution in [3.8, 4) is 5.75 Å². The molecule has 1 aromatic rings. The standard InChI is InChI=1S/C12H15NO7/c1-6-9(14)10(15)11(16)12(19-6)20-8-5-3-2-4-7(8)13(17)18/h2-6,9-12,14-16H,1H3/t6-,9-,10+,11+,12+/m0/s1. The number of aliphatic hydroxyl groups excluding tert-OH is 3. The smallest absolute Gasteiger partial charge is 0.311 e. The molecule has 1 saturated heterocycles. The van der Waals surface area contributed by atoms with Gasteiger partial charge in [0.25, 0.3) is 0 Å². The van der Waals surface area contributed by atoms with Gasteiger partial charge in [-0.3, -0.25) is 10.1 Å². The van der Waals surface area contributed by atoms with Gasteiger partial charge in [-0.05, 0) is 13.0 Å². The number of nitro benzene ring substituents is 1. The summed E-state index contributed by atoms with van der Waals surface area (Å²) in [6.45, 7) is 1.50. The Kier molecular flexibility index (Phi) is 4.19. The third-order valence-electron chi connectivity index (χ3n) is 3.11. The highest BCUT2D eigenvalue weighted by atomic mass is 16.7. The van der Waals surface area contributed by atoms with Gasteiger partial charge in [-0.15, -0.1) is 0 Å². The molecule has 5 atom stereocenters. The maximum Gasteiger partial charge on any atom is 0.311 e. The molecule has 0 amide bonds. The minimum Gasteiger partial charge on any atom is -0.455 e. The highest BCUT2D eigenvalue weighted by Gasteiger charge is 2.43. The maximum atomic E-state index is 10.9. The van der Waals surface area contributed by atoms with Crippen molar-refractivity contribution in [2.75, 3.05) is 0 Å². The first-order valence-corrected chi connectivity index (χ1v) is 6.01. The van der Waals surface area contributed by atoms with Gasteiger partial charge in [0.2, 0.25) is 6.29 Å². The van der Waals surface area contributed by atoms with Crippen LogP contribution in [0.15, 0.2) is 24.3 Å². The second-order valence-electron chi connectivity index (χ2n) is 4.52. The van der Waals surface area contributed by atoms with Gasteiger partial charge in [0, 0.05) is 6.07 Å². The van der Waals surface area contributed by atoms with Gasteiger partial charge >= 0.3 is 5.69 Å². The average Bonchev–Trinajstić information content (AvgIpc) is 2.43. The van der Waals surface area contributed by atoms with E-state index in [1.54, 1.807) is 0 Å². The second-order valence-corrected chi connectivity index (χ2v) is 4.52. The van der Waals surface area contributed by atoms with Crippen LogP contribution in [0.1, 0.15) is 6.92 Å². The van der Waals surface area contributed by atoms with Crippen molar-refractivity contribution < 1.29 is 29.7 Å². The second kappa shape index (κ2) is 5.71. The molecule has 0 unspecified atom stereocenters. The molecule has 3 N–H and O–H groups in total. The molecule has 1 aliphatic rings. The van der Waals surface area contributed by atoms with Gasteiger partial charge in [0.1, 0.15) is 18.3 Å². The first-order valence-electron chi connectivity index (χ1n) is 6.01. The normalized spacial score (nSPS) is 33.7. The minimum atomic E-state index is -1.51. The number of ether oxygens (including phenoxy) is 2. The van der Waals surface area contributed by atoms with E-state index in [0.29, 0.717) is 0 Å². The largest absolute Gasteiger partial charge is 0.455 e. The van der Waals surface area contributed by atoms with E-state index < -0.39 is 35.6 Å². The Hall–Kier alpha value is -1.74. The number of hydrogen-bond donors (Lipinski definition) is 3. The Morgan fingerprint density at radius 1 is 1.20 bits per heavy atom. The molecule has 0 spiro atoms. The van der Waals surface area contributed by atoms with Gasteiger partial charge in [0.15, 0.2) is 5.75 Å². The van der Waals surface area contributed by atoms with Crippen LogP contribution in [-0.4, -0.2) is 50.9 Å². The van der Waals surface area contributed by atoms with E-state index in [9.17, 15) is 25.4 Å². The summed E-state index contributed by atoms with van der Waals surface area (Å²) >= 11 is 0. The number of benzene rings is 1. The lowest BCUT2D eigenvalue weighted by atomic mass is 10.00. The average molecular weight is 285 g/mol. The van der Waals surface area contributed by atoms with Crippen molar-refractivity contribution in [1.29, 1.82) is 0 Å². The summed E-state index contributed by atoms with van der Waals surface area (Å²) < 4.78 is 10.5. The van der Waals surface area contributed by atoms with E-state index >= 15 is 0 Å². The molecule has 2 rings (SSSR count). The van der Waals surface area contributed by atoms with Crippen molar-refractivity contribution in [3.63, 3.8) is 0 Å². The summed E-state index contributed by atoms with van der Waals surface area (Å²) in [5.41, 5.74) is -0.281. The Morgan fingerprint density at radius 2 is 1.85 bits per heavy atom. The van der Waals surface area contributed by atoms with Crippen LogP contribution in [0.25, 0.3) is 0 Å². The first-order chi connectivity index (χ1) is 9.41. The molecular weight excluding hydrogens is 270 g/mol. The van der Waals surface area contributed by atoms with E-state index in [1.807, 2.05) is 0 Å². The molecular formula is C12H15NO7. The van der Waals surface area contributed by atoms with Gasteiger partial charge in [0.05, 0.1) is 11.0 Å². The summed E-state index contributed by atoms with van der Waals surface area (Å²) in [7, 11) is 0. The molecule has 1 aromatic carbocycles. The summed E-state index contributed by atoms with van der Waals surface area (Å²) in [6, 6.07) is 5.62. The molecule has 0 radical (unpaired) electrons. The minimum absolute atomic E-state index is 0.0858. The van der Waals surface area contributed by atoms with Crippen molar-refractivity contribution in [2.45, 2.75) is 37.6 Å². The van der Waals surface area contributed by atoms with E-state index in [1.165, 1.54) is 31.2 Å². The fourth-order valence-corrected chi connectivity index (χ4v) is 1.94. The van der Waals surface area contributed by atoms with Crippen molar-refractivity contribution in [2.24, 2.45) is 0 Å². The molecule has 0 aliphatic carbocycles. The number of nitrogens with zero attached hydrogens (tertiary/aromatic N) is 1. The van der Waals surface area contributed by atoms with Crippen LogP contribution < -0.4 is 4.74 Å². The fourth-order valence-electron chi connectivity index (χ4n) is 1.94. The van der Waals surface area contributed by atoms with Gasteiger partial charge in [-0.2, -0.15) is 0 Å². The van der Waals surface area contributed by atoms with Crippen LogP contribution in [0.2, 0.25) is 0 Å². The summed E-state index contributed by atoms with van der Waals surface area (Å²) in [6.07, 6.45) is -6.30. The monoisotopic (exact) mass is 285 g/mol. The van der Waals surface area contributed by atoms with Crippen LogP contribution in [0.4, 0.5) is 5.69 Å². The van der Waals surface area contributed by atoms with E-state index in [4.69, 9.17) is 9.47 Å². The Balaban J connectivity index is 2.20. The molecule has 1 heterocycles. The quantitative estimate of drug-likeness (QED) is 0.519. The molecule has 0 bridgehead atoms. The number of nitro groups is 1. The van der Waals surface area contributed by atoms with E-state index in [-0.39, 0.29) is 11.4 Å².